The second kappa shape index (κ2) is 5.07. The van der Waals surface area contributed by atoms with Crippen LogP contribution in [0, 0.1) is 17.8 Å². The van der Waals surface area contributed by atoms with E-state index < -0.39 is 0 Å². The Balaban J connectivity index is 2.04. The Morgan fingerprint density at radius 3 is 2.75 bits per heavy atom. The van der Waals surface area contributed by atoms with Crippen molar-refractivity contribution in [3.63, 3.8) is 0 Å². The maximum Gasteiger partial charge on any atom is 0.161 e. The molecule has 1 saturated heterocycles. The zero-order chi connectivity index (χ0) is 11.7. The number of hydrogen-bond donors (Lipinski definition) is 0. The van der Waals surface area contributed by atoms with Crippen molar-refractivity contribution in [3.8, 4) is 0 Å². The molecule has 3 heteroatoms. The van der Waals surface area contributed by atoms with Gasteiger partial charge in [0.2, 0.25) is 0 Å². The molecule has 0 amide bonds. The van der Waals surface area contributed by atoms with Gasteiger partial charge in [-0.05, 0) is 25.2 Å². The first-order chi connectivity index (χ1) is 7.61. The minimum absolute atomic E-state index is 0.0573. The van der Waals surface area contributed by atoms with Crippen LogP contribution in [0.25, 0.3) is 0 Å². The fraction of sp³-hybridized carbons (Fsp3) is 0.846. The van der Waals surface area contributed by atoms with Gasteiger partial charge in [-0.2, -0.15) is 0 Å². The lowest BCUT2D eigenvalue weighted by Gasteiger charge is -2.35. The van der Waals surface area contributed by atoms with Crippen LogP contribution < -0.4 is 0 Å². The third-order valence-corrected chi connectivity index (χ3v) is 4.06. The van der Waals surface area contributed by atoms with E-state index in [0.717, 1.165) is 6.42 Å². The fourth-order valence-electron chi connectivity index (χ4n) is 3.06. The molecule has 0 unspecified atom stereocenters. The Labute approximate surface area is 103 Å². The molecule has 0 N–H and O–H groups in total. The largest absolute Gasteiger partial charge is 0.350 e. The van der Waals surface area contributed by atoms with E-state index >= 15 is 0 Å². The molecule has 1 fully saturated rings. The van der Waals surface area contributed by atoms with E-state index in [1.165, 1.54) is 5.57 Å². The van der Waals surface area contributed by atoms with Gasteiger partial charge in [0.05, 0.1) is 18.6 Å². The molecule has 92 valence electrons. The first-order valence-electron chi connectivity index (χ1n) is 6.12. The quantitative estimate of drug-likeness (QED) is 0.549. The fourth-order valence-corrected chi connectivity index (χ4v) is 3.22. The Morgan fingerprint density at radius 2 is 2.19 bits per heavy atom. The van der Waals surface area contributed by atoms with E-state index in [2.05, 4.69) is 26.8 Å². The van der Waals surface area contributed by atoms with E-state index in [1.807, 2.05) is 0 Å². The van der Waals surface area contributed by atoms with Gasteiger partial charge in [-0.1, -0.05) is 25.5 Å². The molecule has 1 aliphatic heterocycles. The minimum Gasteiger partial charge on any atom is -0.350 e. The molecule has 2 nitrogen and oxygen atoms in total. The first kappa shape index (κ1) is 12.4. The van der Waals surface area contributed by atoms with Gasteiger partial charge in [0, 0.05) is 5.92 Å². The monoisotopic (exact) mass is 244 g/mol. The predicted octanol–water partition coefficient (Wildman–Crippen LogP) is 3.21. The summed E-state index contributed by atoms with van der Waals surface area (Å²) in [7, 11) is 0. The van der Waals surface area contributed by atoms with Gasteiger partial charge in [-0.3, -0.25) is 0 Å². The van der Waals surface area contributed by atoms with Crippen LogP contribution in [-0.4, -0.2) is 24.9 Å². The highest BCUT2D eigenvalue weighted by Gasteiger charge is 2.39. The summed E-state index contributed by atoms with van der Waals surface area (Å²) in [5.74, 6) is 2.15. The topological polar surface area (TPSA) is 18.5 Å². The molecule has 5 atom stereocenters. The second-order valence-corrected chi connectivity index (χ2v) is 5.55. The molecule has 0 spiro atoms. The van der Waals surface area contributed by atoms with Crippen molar-refractivity contribution in [3.05, 3.63) is 11.6 Å². The normalized spacial score (nSPS) is 44.5. The Hall–Kier alpha value is -0.0500. The number of alkyl halides is 1. The number of ether oxygens (including phenoxy) is 2. The summed E-state index contributed by atoms with van der Waals surface area (Å²) in [6, 6.07) is 0. The smallest absolute Gasteiger partial charge is 0.161 e. The van der Waals surface area contributed by atoms with Crippen LogP contribution in [0.15, 0.2) is 11.6 Å². The number of allylic oxidation sites excluding steroid dienone is 2. The molecule has 16 heavy (non-hydrogen) atoms. The lowest BCUT2D eigenvalue weighted by molar-refractivity contribution is -0.119. The highest BCUT2D eigenvalue weighted by atomic mass is 35.5. The third kappa shape index (κ3) is 2.44. The summed E-state index contributed by atoms with van der Waals surface area (Å²) in [5.41, 5.74) is 1.49. The van der Waals surface area contributed by atoms with Gasteiger partial charge in [-0.15, -0.1) is 11.6 Å². The van der Waals surface area contributed by atoms with Crippen LogP contribution >= 0.6 is 11.6 Å². The standard InChI is InChI=1S/C13H21ClO2/c1-8-4-9(2)12(10(3)5-8)13-15-7-11(6-14)16-13/h4,9-13H,5-7H2,1-3H3/t9-,10+,11-,12+,13+/m1/s1. The van der Waals surface area contributed by atoms with Crippen LogP contribution in [0.4, 0.5) is 0 Å². The molecule has 0 radical (unpaired) electrons. The number of rotatable bonds is 2. The van der Waals surface area contributed by atoms with Gasteiger partial charge >= 0.3 is 0 Å². The molecule has 0 aromatic heterocycles. The average molecular weight is 245 g/mol. The van der Waals surface area contributed by atoms with Crippen molar-refractivity contribution in [2.45, 2.75) is 39.6 Å². The maximum absolute atomic E-state index is 5.84. The highest BCUT2D eigenvalue weighted by molar-refractivity contribution is 6.18. The van der Waals surface area contributed by atoms with Gasteiger partial charge < -0.3 is 9.47 Å². The molecule has 0 aromatic rings. The zero-order valence-electron chi connectivity index (χ0n) is 10.3. The van der Waals surface area contributed by atoms with Crippen molar-refractivity contribution in [1.82, 2.24) is 0 Å². The maximum atomic E-state index is 5.84. The SMILES string of the molecule is CC1=C[C@@H](C)[C@H]([C@H]2OC[C@@H](CCl)O2)[C@@H](C)C1. The molecule has 1 aliphatic carbocycles. The lowest BCUT2D eigenvalue weighted by atomic mass is 9.74. The molecule has 2 aliphatic rings. The highest BCUT2D eigenvalue weighted by Crippen LogP contribution is 2.38. The Morgan fingerprint density at radius 1 is 1.44 bits per heavy atom. The molecule has 2 rings (SSSR count). The van der Waals surface area contributed by atoms with Gasteiger partial charge in [-0.25, -0.2) is 0 Å². The molecule has 0 saturated carbocycles. The van der Waals surface area contributed by atoms with Crippen molar-refractivity contribution in [2.75, 3.05) is 12.5 Å². The van der Waals surface area contributed by atoms with Crippen molar-refractivity contribution >= 4 is 11.6 Å². The van der Waals surface area contributed by atoms with E-state index in [4.69, 9.17) is 21.1 Å². The summed E-state index contributed by atoms with van der Waals surface area (Å²) < 4.78 is 11.6. The van der Waals surface area contributed by atoms with Gasteiger partial charge in [0.1, 0.15) is 0 Å². The Kier molecular flexibility index (Phi) is 3.93. The van der Waals surface area contributed by atoms with Crippen molar-refractivity contribution in [1.29, 1.82) is 0 Å². The molecular weight excluding hydrogens is 224 g/mol. The van der Waals surface area contributed by atoms with Crippen molar-refractivity contribution < 1.29 is 9.47 Å². The van der Waals surface area contributed by atoms with Crippen molar-refractivity contribution in [2.24, 2.45) is 17.8 Å². The second-order valence-electron chi connectivity index (χ2n) is 5.25. The summed E-state index contributed by atoms with van der Waals surface area (Å²) in [4.78, 5) is 0. The first-order valence-corrected chi connectivity index (χ1v) is 6.65. The van der Waals surface area contributed by atoms with E-state index in [-0.39, 0.29) is 12.4 Å². The molecular formula is C13H21ClO2. The summed E-state index contributed by atoms with van der Waals surface area (Å²) in [5, 5.41) is 0. The van der Waals surface area contributed by atoms with Crippen LogP contribution in [0.5, 0.6) is 0 Å². The Bertz CT molecular complexity index is 277. The predicted molar refractivity (Wildman–Crippen MR) is 65.5 cm³/mol. The number of hydrogen-bond acceptors (Lipinski definition) is 2. The lowest BCUT2D eigenvalue weighted by Crippen LogP contribution is -2.35. The van der Waals surface area contributed by atoms with E-state index in [0.29, 0.717) is 30.2 Å². The van der Waals surface area contributed by atoms with E-state index in [1.54, 1.807) is 0 Å². The van der Waals surface area contributed by atoms with Crippen LogP contribution in [0.3, 0.4) is 0 Å². The van der Waals surface area contributed by atoms with Gasteiger partial charge in [0.15, 0.2) is 6.29 Å². The minimum atomic E-state index is -0.0573. The molecule has 0 aromatic carbocycles. The summed E-state index contributed by atoms with van der Waals surface area (Å²) in [6.07, 6.45) is 3.53. The van der Waals surface area contributed by atoms with E-state index in [9.17, 15) is 0 Å². The zero-order valence-corrected chi connectivity index (χ0v) is 11.0. The number of halogens is 1. The third-order valence-electron chi connectivity index (χ3n) is 3.71. The molecule has 0 bridgehead atoms. The van der Waals surface area contributed by atoms with Crippen LogP contribution in [0.2, 0.25) is 0 Å². The van der Waals surface area contributed by atoms with Crippen LogP contribution in [0.1, 0.15) is 27.2 Å². The molecule has 1 heterocycles. The van der Waals surface area contributed by atoms with Crippen LogP contribution in [-0.2, 0) is 9.47 Å². The summed E-state index contributed by atoms with van der Waals surface area (Å²) in [6.45, 7) is 7.40. The summed E-state index contributed by atoms with van der Waals surface area (Å²) >= 11 is 5.79. The van der Waals surface area contributed by atoms with Gasteiger partial charge in [0.25, 0.3) is 0 Å². The average Bonchev–Trinajstić information content (AvgIpc) is 2.64.